The van der Waals surface area contributed by atoms with Crippen LogP contribution in [0.1, 0.15) is 12.5 Å². The molecule has 1 N–H and O–H groups in total. The van der Waals surface area contributed by atoms with Crippen molar-refractivity contribution in [1.82, 2.24) is 5.32 Å². The van der Waals surface area contributed by atoms with Crippen LogP contribution in [0, 0.1) is 5.82 Å². The average Bonchev–Trinajstić information content (AvgIpc) is 2.03. The summed E-state index contributed by atoms with van der Waals surface area (Å²) in [6.07, 6.45) is 0. The molecule has 2 heteroatoms. The van der Waals surface area contributed by atoms with E-state index in [0.29, 0.717) is 6.54 Å². The third kappa shape index (κ3) is 2.74. The maximum Gasteiger partial charge on any atom is 0.123 e. The van der Waals surface area contributed by atoms with Gasteiger partial charge in [0.1, 0.15) is 5.82 Å². The highest BCUT2D eigenvalue weighted by molar-refractivity contribution is 5.16. The van der Waals surface area contributed by atoms with Gasteiger partial charge in [0, 0.05) is 12.2 Å². The lowest BCUT2D eigenvalue weighted by Crippen LogP contribution is -2.08. The van der Waals surface area contributed by atoms with Crippen molar-refractivity contribution >= 4 is 0 Å². The minimum atomic E-state index is -0.200. The molecule has 1 nitrogen and oxygen atoms in total. The van der Waals surface area contributed by atoms with Crippen molar-refractivity contribution in [2.24, 2.45) is 0 Å². The van der Waals surface area contributed by atoms with Crippen LogP contribution >= 0.6 is 0 Å². The van der Waals surface area contributed by atoms with Gasteiger partial charge in [-0.15, -0.1) is 0 Å². The molecule has 0 saturated carbocycles. The van der Waals surface area contributed by atoms with Gasteiger partial charge >= 0.3 is 0 Å². The Morgan fingerprint density at radius 1 is 1.42 bits per heavy atom. The van der Waals surface area contributed by atoms with Gasteiger partial charge in [-0.2, -0.15) is 0 Å². The summed E-state index contributed by atoms with van der Waals surface area (Å²) < 4.78 is 12.4. The van der Waals surface area contributed by atoms with Gasteiger partial charge < -0.3 is 5.32 Å². The standard InChI is InChI=1S/C10H12FN/c1-8(2)12-7-9-3-5-10(11)6-4-9/h3-6,12H,1,7H2,2H3. The van der Waals surface area contributed by atoms with Gasteiger partial charge in [-0.05, 0) is 24.6 Å². The van der Waals surface area contributed by atoms with Crippen LogP contribution in [-0.4, -0.2) is 0 Å². The molecular weight excluding hydrogens is 153 g/mol. The van der Waals surface area contributed by atoms with Crippen LogP contribution in [0.15, 0.2) is 36.5 Å². The molecule has 12 heavy (non-hydrogen) atoms. The lowest BCUT2D eigenvalue weighted by atomic mass is 10.2. The van der Waals surface area contributed by atoms with Crippen molar-refractivity contribution in [1.29, 1.82) is 0 Å². The maximum absolute atomic E-state index is 12.4. The lowest BCUT2D eigenvalue weighted by Gasteiger charge is -2.04. The first kappa shape index (κ1) is 8.78. The van der Waals surface area contributed by atoms with Gasteiger partial charge in [0.05, 0.1) is 0 Å². The van der Waals surface area contributed by atoms with Crippen molar-refractivity contribution in [2.45, 2.75) is 13.5 Å². The van der Waals surface area contributed by atoms with Crippen LogP contribution in [0.4, 0.5) is 4.39 Å². The molecule has 0 saturated heterocycles. The second-order valence-electron chi connectivity index (χ2n) is 2.76. The number of benzene rings is 1. The minimum absolute atomic E-state index is 0.200. The molecule has 1 rings (SSSR count). The van der Waals surface area contributed by atoms with E-state index in [-0.39, 0.29) is 5.82 Å². The number of hydrogen-bond donors (Lipinski definition) is 1. The van der Waals surface area contributed by atoms with Gasteiger partial charge in [0.2, 0.25) is 0 Å². The minimum Gasteiger partial charge on any atom is -0.385 e. The highest BCUT2D eigenvalue weighted by Crippen LogP contribution is 2.02. The highest BCUT2D eigenvalue weighted by Gasteiger charge is 1.92. The summed E-state index contributed by atoms with van der Waals surface area (Å²) in [5.41, 5.74) is 1.97. The van der Waals surface area contributed by atoms with Crippen LogP contribution in [-0.2, 0) is 6.54 Å². The monoisotopic (exact) mass is 165 g/mol. The van der Waals surface area contributed by atoms with Gasteiger partial charge in [-0.25, -0.2) is 4.39 Å². The van der Waals surface area contributed by atoms with Crippen molar-refractivity contribution < 1.29 is 4.39 Å². The Balaban J connectivity index is 2.53. The fourth-order valence-electron chi connectivity index (χ4n) is 0.855. The molecule has 0 spiro atoms. The Morgan fingerprint density at radius 2 is 2.00 bits per heavy atom. The maximum atomic E-state index is 12.4. The van der Waals surface area contributed by atoms with Gasteiger partial charge in [0.15, 0.2) is 0 Å². The predicted molar refractivity (Wildman–Crippen MR) is 48.1 cm³/mol. The molecule has 0 amide bonds. The second kappa shape index (κ2) is 3.90. The Labute approximate surface area is 71.9 Å². The first-order valence-electron chi connectivity index (χ1n) is 3.82. The molecule has 0 heterocycles. The molecule has 0 radical (unpaired) electrons. The van der Waals surface area contributed by atoms with Crippen LogP contribution in [0.5, 0.6) is 0 Å². The molecule has 0 fully saturated rings. The second-order valence-corrected chi connectivity index (χ2v) is 2.76. The number of hydrogen-bond acceptors (Lipinski definition) is 1. The average molecular weight is 165 g/mol. The summed E-state index contributed by atoms with van der Waals surface area (Å²) in [7, 11) is 0. The molecule has 0 aliphatic carbocycles. The number of halogens is 1. The van der Waals surface area contributed by atoms with E-state index in [2.05, 4.69) is 11.9 Å². The van der Waals surface area contributed by atoms with Crippen molar-refractivity contribution in [3.05, 3.63) is 47.9 Å². The van der Waals surface area contributed by atoms with E-state index in [1.807, 2.05) is 6.92 Å². The van der Waals surface area contributed by atoms with E-state index >= 15 is 0 Å². The van der Waals surface area contributed by atoms with E-state index in [1.54, 1.807) is 12.1 Å². The van der Waals surface area contributed by atoms with Crippen molar-refractivity contribution in [3.8, 4) is 0 Å². The van der Waals surface area contributed by atoms with Gasteiger partial charge in [0.25, 0.3) is 0 Å². The zero-order chi connectivity index (χ0) is 8.97. The SMILES string of the molecule is C=C(C)NCc1ccc(F)cc1. The smallest absolute Gasteiger partial charge is 0.123 e. The van der Waals surface area contributed by atoms with Crippen LogP contribution in [0.25, 0.3) is 0 Å². The summed E-state index contributed by atoms with van der Waals surface area (Å²) >= 11 is 0. The molecule has 64 valence electrons. The Hall–Kier alpha value is -1.31. The van der Waals surface area contributed by atoms with E-state index in [0.717, 1.165) is 11.3 Å². The van der Waals surface area contributed by atoms with E-state index in [9.17, 15) is 4.39 Å². The molecular formula is C10H12FN. The molecule has 0 aliphatic heterocycles. The number of allylic oxidation sites excluding steroid dienone is 1. The predicted octanol–water partition coefficient (Wildman–Crippen LogP) is 2.45. The number of rotatable bonds is 3. The zero-order valence-electron chi connectivity index (χ0n) is 7.10. The first-order valence-corrected chi connectivity index (χ1v) is 3.82. The van der Waals surface area contributed by atoms with Crippen LogP contribution < -0.4 is 5.32 Å². The third-order valence-electron chi connectivity index (χ3n) is 1.51. The molecule has 0 unspecified atom stereocenters. The molecule has 0 aliphatic rings. The van der Waals surface area contributed by atoms with Crippen molar-refractivity contribution in [2.75, 3.05) is 0 Å². The molecule has 0 aromatic heterocycles. The number of nitrogens with one attached hydrogen (secondary N) is 1. The van der Waals surface area contributed by atoms with E-state index < -0.39 is 0 Å². The Morgan fingerprint density at radius 3 is 2.50 bits per heavy atom. The Bertz CT molecular complexity index is 264. The molecule has 0 bridgehead atoms. The lowest BCUT2D eigenvalue weighted by molar-refractivity contribution is 0.626. The summed E-state index contributed by atoms with van der Waals surface area (Å²) in [5, 5.41) is 3.06. The van der Waals surface area contributed by atoms with Crippen molar-refractivity contribution in [3.63, 3.8) is 0 Å². The van der Waals surface area contributed by atoms with Crippen LogP contribution in [0.3, 0.4) is 0 Å². The fourth-order valence-corrected chi connectivity index (χ4v) is 0.855. The summed E-state index contributed by atoms with van der Waals surface area (Å²) in [4.78, 5) is 0. The summed E-state index contributed by atoms with van der Waals surface area (Å²) in [6, 6.07) is 6.42. The topological polar surface area (TPSA) is 12.0 Å². The van der Waals surface area contributed by atoms with E-state index in [4.69, 9.17) is 0 Å². The normalized spacial score (nSPS) is 9.50. The zero-order valence-corrected chi connectivity index (χ0v) is 7.10. The fraction of sp³-hybridized carbons (Fsp3) is 0.200. The highest BCUT2D eigenvalue weighted by atomic mass is 19.1. The largest absolute Gasteiger partial charge is 0.385 e. The van der Waals surface area contributed by atoms with Gasteiger partial charge in [-0.3, -0.25) is 0 Å². The molecule has 1 aromatic carbocycles. The third-order valence-corrected chi connectivity index (χ3v) is 1.51. The molecule has 0 atom stereocenters. The van der Waals surface area contributed by atoms with Gasteiger partial charge in [-0.1, -0.05) is 18.7 Å². The summed E-state index contributed by atoms with van der Waals surface area (Å²) in [5.74, 6) is -0.200. The quantitative estimate of drug-likeness (QED) is 0.725. The molecule has 1 aromatic rings. The Kier molecular flexibility index (Phi) is 2.86. The summed E-state index contributed by atoms with van der Waals surface area (Å²) in [6.45, 7) is 6.30. The van der Waals surface area contributed by atoms with E-state index in [1.165, 1.54) is 12.1 Å². The van der Waals surface area contributed by atoms with Crippen LogP contribution in [0.2, 0.25) is 0 Å². The first-order chi connectivity index (χ1) is 5.68.